The predicted molar refractivity (Wildman–Crippen MR) is 139 cm³/mol. The van der Waals surface area contributed by atoms with Gasteiger partial charge in [-0.1, -0.05) is 24.3 Å². The number of amides is 1. The molecule has 4 fully saturated rings. The van der Waals surface area contributed by atoms with Crippen molar-refractivity contribution in [2.75, 3.05) is 52.5 Å². The number of nitrogens with two attached hydrogens (primary N) is 1. The van der Waals surface area contributed by atoms with Crippen molar-refractivity contribution in [1.29, 1.82) is 0 Å². The maximum atomic E-state index is 12.3. The van der Waals surface area contributed by atoms with Crippen LogP contribution in [0.3, 0.4) is 0 Å². The first kappa shape index (κ1) is 24.0. The van der Waals surface area contributed by atoms with Gasteiger partial charge < -0.3 is 20.5 Å². The summed E-state index contributed by atoms with van der Waals surface area (Å²) in [5.41, 5.74) is 10.8. The van der Waals surface area contributed by atoms with E-state index >= 15 is 0 Å². The highest BCUT2D eigenvalue weighted by atomic mass is 16.5. The molecule has 36 heavy (non-hydrogen) atoms. The Morgan fingerprint density at radius 2 is 1.78 bits per heavy atom. The van der Waals surface area contributed by atoms with E-state index in [1.807, 2.05) is 12.3 Å². The monoisotopic (exact) mass is 490 g/mol. The number of carbonyl (C=O) groups is 1. The molecule has 1 aromatic heterocycles. The van der Waals surface area contributed by atoms with Crippen LogP contribution in [0.25, 0.3) is 11.1 Å². The van der Waals surface area contributed by atoms with Crippen LogP contribution in [-0.4, -0.2) is 84.4 Å². The number of aromatic nitrogens is 1. The van der Waals surface area contributed by atoms with Crippen molar-refractivity contribution in [3.05, 3.63) is 53.3 Å². The summed E-state index contributed by atoms with van der Waals surface area (Å²) in [6.07, 6.45) is 6.12. The smallest absolute Gasteiger partial charge is 0.250 e. The number of carbonyl (C=O) groups excluding carboxylic acids is 1. The van der Waals surface area contributed by atoms with Gasteiger partial charge in [-0.25, -0.2) is 0 Å². The van der Waals surface area contributed by atoms with Crippen LogP contribution in [0.4, 0.5) is 0 Å². The molecule has 0 spiro atoms. The highest BCUT2D eigenvalue weighted by Crippen LogP contribution is 2.59. The first-order chi connectivity index (χ1) is 17.5. The second-order valence-corrected chi connectivity index (χ2v) is 11.4. The molecule has 2 saturated heterocycles. The number of hydrogen-bond acceptors (Lipinski definition) is 6. The molecule has 4 aliphatic rings. The van der Waals surface area contributed by atoms with E-state index in [2.05, 4.69) is 34.1 Å². The predicted octanol–water partition coefficient (Wildman–Crippen LogP) is 2.77. The molecule has 2 aromatic rings. The van der Waals surface area contributed by atoms with Crippen molar-refractivity contribution < 1.29 is 14.6 Å². The van der Waals surface area contributed by atoms with Crippen molar-refractivity contribution in [1.82, 2.24) is 14.8 Å². The van der Waals surface area contributed by atoms with Crippen LogP contribution in [0.5, 0.6) is 0 Å². The third-order valence-corrected chi connectivity index (χ3v) is 9.11. The zero-order valence-electron chi connectivity index (χ0n) is 21.1. The standard InChI is InChI=1S/C29H38N4O3/c30-28(35)26-15-22(17-31-27(26)21-3-7-25(34)8-4-21)20-1-5-23(6-2-20)29-16-24(29)18-33(19-29)10-9-32-11-13-36-14-12-32/h1-2,5-6,15,17,21,24-25,34H,3-4,7-14,16,18-19H2,(H2,30,35). The van der Waals surface area contributed by atoms with Gasteiger partial charge in [-0.15, -0.1) is 0 Å². The maximum absolute atomic E-state index is 12.3. The van der Waals surface area contributed by atoms with E-state index in [1.54, 1.807) is 0 Å². The number of morpholine rings is 1. The summed E-state index contributed by atoms with van der Waals surface area (Å²) in [4.78, 5) is 22.2. The van der Waals surface area contributed by atoms with E-state index in [0.29, 0.717) is 11.0 Å². The molecule has 1 aromatic carbocycles. The fourth-order valence-electron chi connectivity index (χ4n) is 6.81. The summed E-state index contributed by atoms with van der Waals surface area (Å²) in [5.74, 6) is 0.529. The topological polar surface area (TPSA) is 91.9 Å². The summed E-state index contributed by atoms with van der Waals surface area (Å²) in [5, 5.41) is 9.84. The molecule has 0 bridgehead atoms. The fourth-order valence-corrected chi connectivity index (χ4v) is 6.81. The lowest BCUT2D eigenvalue weighted by Crippen LogP contribution is -2.41. The van der Waals surface area contributed by atoms with Gasteiger partial charge in [0.1, 0.15) is 0 Å². The normalized spacial score (nSPS) is 30.8. The quantitative estimate of drug-likeness (QED) is 0.620. The number of benzene rings is 1. The van der Waals surface area contributed by atoms with Crippen LogP contribution in [0, 0.1) is 5.92 Å². The number of nitrogens with zero attached hydrogens (tertiary/aromatic N) is 3. The Balaban J connectivity index is 1.13. The molecular weight excluding hydrogens is 452 g/mol. The number of piperidine rings is 1. The van der Waals surface area contributed by atoms with Crippen LogP contribution < -0.4 is 5.73 Å². The highest BCUT2D eigenvalue weighted by molar-refractivity contribution is 5.95. The molecule has 2 unspecified atom stereocenters. The van der Waals surface area contributed by atoms with E-state index in [4.69, 9.17) is 15.5 Å². The number of pyridine rings is 1. The molecule has 192 valence electrons. The van der Waals surface area contributed by atoms with Gasteiger partial charge >= 0.3 is 0 Å². The molecular formula is C29H38N4O3. The molecule has 7 heteroatoms. The lowest BCUT2D eigenvalue weighted by molar-refractivity contribution is 0.0338. The summed E-state index contributed by atoms with van der Waals surface area (Å²) in [7, 11) is 0. The lowest BCUT2D eigenvalue weighted by Gasteiger charge is -2.29. The second-order valence-electron chi connectivity index (χ2n) is 11.4. The van der Waals surface area contributed by atoms with E-state index in [1.165, 1.54) is 18.5 Å². The van der Waals surface area contributed by atoms with Crippen LogP contribution in [0.1, 0.15) is 59.6 Å². The van der Waals surface area contributed by atoms with Gasteiger partial charge in [-0.2, -0.15) is 0 Å². The van der Waals surface area contributed by atoms with Crippen molar-refractivity contribution >= 4 is 5.91 Å². The molecule has 2 saturated carbocycles. The molecule has 2 atom stereocenters. The number of likely N-dealkylation sites (tertiary alicyclic amines) is 1. The number of hydrogen-bond donors (Lipinski definition) is 2. The number of rotatable bonds is 7. The molecule has 3 N–H and O–H groups in total. The van der Waals surface area contributed by atoms with Gasteiger partial charge in [0.25, 0.3) is 5.91 Å². The van der Waals surface area contributed by atoms with E-state index in [9.17, 15) is 9.90 Å². The van der Waals surface area contributed by atoms with Crippen LogP contribution in [-0.2, 0) is 10.2 Å². The van der Waals surface area contributed by atoms with Gasteiger partial charge in [-0.05, 0) is 55.2 Å². The zero-order chi connectivity index (χ0) is 24.7. The summed E-state index contributed by atoms with van der Waals surface area (Å²) in [6.45, 7) is 8.48. The number of ether oxygens (including phenoxy) is 1. The van der Waals surface area contributed by atoms with Crippen molar-refractivity contribution in [3.8, 4) is 11.1 Å². The van der Waals surface area contributed by atoms with E-state index < -0.39 is 5.91 Å². The minimum atomic E-state index is -0.426. The third-order valence-electron chi connectivity index (χ3n) is 9.11. The van der Waals surface area contributed by atoms with Crippen molar-refractivity contribution in [2.45, 2.75) is 49.5 Å². The largest absolute Gasteiger partial charge is 0.393 e. The zero-order valence-corrected chi connectivity index (χ0v) is 21.1. The minimum Gasteiger partial charge on any atom is -0.393 e. The molecule has 2 aliphatic carbocycles. The SMILES string of the molecule is NC(=O)c1cc(-c2ccc(C34CC3CN(CCN3CCOCC3)C4)cc2)cnc1C1CCC(O)CC1. The number of aliphatic hydroxyl groups is 1. The van der Waals surface area contributed by atoms with Gasteiger partial charge in [0.05, 0.1) is 30.6 Å². The number of primary amides is 1. The average Bonchev–Trinajstić information content (AvgIpc) is 3.49. The Morgan fingerprint density at radius 1 is 1.06 bits per heavy atom. The lowest BCUT2D eigenvalue weighted by atomic mass is 9.83. The van der Waals surface area contributed by atoms with Gasteiger partial charge in [0.2, 0.25) is 0 Å². The average molecular weight is 491 g/mol. The fraction of sp³-hybridized carbons (Fsp3) is 0.586. The third kappa shape index (κ3) is 4.70. The van der Waals surface area contributed by atoms with Crippen LogP contribution in [0.15, 0.2) is 36.5 Å². The summed E-state index contributed by atoms with van der Waals surface area (Å²) in [6, 6.07) is 10.8. The highest BCUT2D eigenvalue weighted by Gasteiger charge is 2.60. The first-order valence-electron chi connectivity index (χ1n) is 13.6. The Bertz CT molecular complexity index is 1090. The number of fused-ring (bicyclic) bond motifs is 1. The van der Waals surface area contributed by atoms with Crippen molar-refractivity contribution in [2.24, 2.45) is 11.7 Å². The Labute approximate surface area is 213 Å². The molecule has 6 rings (SSSR count). The molecule has 3 heterocycles. The maximum Gasteiger partial charge on any atom is 0.250 e. The minimum absolute atomic E-state index is 0.187. The first-order valence-corrected chi connectivity index (χ1v) is 13.6. The summed E-state index contributed by atoms with van der Waals surface area (Å²) < 4.78 is 5.48. The Kier molecular flexibility index (Phi) is 6.58. The Hall–Kier alpha value is -2.32. The summed E-state index contributed by atoms with van der Waals surface area (Å²) >= 11 is 0. The van der Waals surface area contributed by atoms with Gasteiger partial charge in [0.15, 0.2) is 0 Å². The van der Waals surface area contributed by atoms with E-state index in [-0.39, 0.29) is 12.0 Å². The number of aliphatic hydroxyl groups excluding tert-OH is 1. The Morgan fingerprint density at radius 3 is 2.50 bits per heavy atom. The molecule has 7 nitrogen and oxygen atoms in total. The van der Waals surface area contributed by atoms with Crippen LogP contribution >= 0.6 is 0 Å². The van der Waals surface area contributed by atoms with Crippen LogP contribution in [0.2, 0.25) is 0 Å². The van der Waals surface area contributed by atoms with E-state index in [0.717, 1.165) is 94.4 Å². The molecule has 2 aliphatic heterocycles. The van der Waals surface area contributed by atoms with Gasteiger partial charge in [0, 0.05) is 62.4 Å². The van der Waals surface area contributed by atoms with Gasteiger partial charge in [-0.3, -0.25) is 14.7 Å². The van der Waals surface area contributed by atoms with Crippen molar-refractivity contribution in [3.63, 3.8) is 0 Å². The second kappa shape index (κ2) is 9.86. The molecule has 1 amide bonds. The molecule has 0 radical (unpaired) electrons.